The maximum absolute atomic E-state index is 13.1. The van der Waals surface area contributed by atoms with Crippen molar-refractivity contribution < 1.29 is 9.53 Å². The average molecular weight is 373 g/mol. The van der Waals surface area contributed by atoms with Crippen molar-refractivity contribution in [2.24, 2.45) is 5.92 Å². The van der Waals surface area contributed by atoms with Crippen LogP contribution in [0.5, 0.6) is 0 Å². The Morgan fingerprint density at radius 1 is 0.857 bits per heavy atom. The number of ether oxygens (including phenoxy) is 1. The second kappa shape index (κ2) is 7.79. The summed E-state index contributed by atoms with van der Waals surface area (Å²) in [5.74, 6) is 0.125. The minimum Gasteiger partial charge on any atom is -0.458 e. The van der Waals surface area contributed by atoms with E-state index in [1.54, 1.807) is 0 Å². The highest BCUT2D eigenvalue weighted by atomic mass is 16.5. The summed E-state index contributed by atoms with van der Waals surface area (Å²) in [7, 11) is 0. The van der Waals surface area contributed by atoms with Gasteiger partial charge in [-0.1, -0.05) is 87.0 Å². The molecule has 4 rings (SSSR count). The lowest BCUT2D eigenvalue weighted by Crippen LogP contribution is -2.42. The fourth-order valence-corrected chi connectivity index (χ4v) is 4.75. The minimum atomic E-state index is -0.197. The fraction of sp³-hybridized carbons (Fsp3) is 0.346. The van der Waals surface area contributed by atoms with Crippen LogP contribution in [0.25, 0.3) is 10.8 Å². The molecule has 1 aliphatic rings. The van der Waals surface area contributed by atoms with E-state index in [9.17, 15) is 4.79 Å². The summed E-state index contributed by atoms with van der Waals surface area (Å²) in [6.45, 7) is 4.58. The van der Waals surface area contributed by atoms with Gasteiger partial charge >= 0.3 is 5.97 Å². The lowest BCUT2D eigenvalue weighted by Gasteiger charge is -2.42. The number of fused-ring (bicyclic) bond motifs is 1. The molecule has 144 valence electrons. The van der Waals surface area contributed by atoms with Gasteiger partial charge in [0.05, 0.1) is 5.56 Å². The van der Waals surface area contributed by atoms with Gasteiger partial charge in [0.2, 0.25) is 0 Å². The predicted octanol–water partition coefficient (Wildman–Crippen LogP) is 6.53. The van der Waals surface area contributed by atoms with Crippen LogP contribution < -0.4 is 0 Å². The summed E-state index contributed by atoms with van der Waals surface area (Å²) in [4.78, 5) is 13.1. The third-order valence-electron chi connectivity index (χ3n) is 6.42. The van der Waals surface area contributed by atoms with Crippen molar-refractivity contribution in [1.82, 2.24) is 0 Å². The van der Waals surface area contributed by atoms with Gasteiger partial charge in [0.15, 0.2) is 0 Å². The molecule has 0 saturated heterocycles. The Morgan fingerprint density at radius 2 is 1.54 bits per heavy atom. The van der Waals surface area contributed by atoms with Crippen molar-refractivity contribution >= 4 is 16.7 Å². The summed E-state index contributed by atoms with van der Waals surface area (Å²) >= 11 is 0. The Kier molecular flexibility index (Phi) is 5.21. The molecule has 2 nitrogen and oxygen atoms in total. The van der Waals surface area contributed by atoms with Crippen LogP contribution in [0.1, 0.15) is 55.5 Å². The second-order valence-electron chi connectivity index (χ2n) is 8.45. The summed E-state index contributed by atoms with van der Waals surface area (Å²) in [5, 5.41) is 2.03. The summed E-state index contributed by atoms with van der Waals surface area (Å²) in [5.41, 5.74) is 1.94. The van der Waals surface area contributed by atoms with Gasteiger partial charge < -0.3 is 4.74 Å². The van der Waals surface area contributed by atoms with E-state index in [1.807, 2.05) is 42.5 Å². The Balaban J connectivity index is 1.61. The van der Waals surface area contributed by atoms with E-state index >= 15 is 0 Å². The van der Waals surface area contributed by atoms with E-state index in [-0.39, 0.29) is 17.5 Å². The van der Waals surface area contributed by atoms with Crippen LogP contribution in [0.15, 0.2) is 72.8 Å². The van der Waals surface area contributed by atoms with Gasteiger partial charge in [-0.3, -0.25) is 0 Å². The van der Waals surface area contributed by atoms with Crippen LogP contribution in [-0.2, 0) is 10.2 Å². The largest absolute Gasteiger partial charge is 0.458 e. The average Bonchev–Trinajstić information content (AvgIpc) is 2.74. The smallest absolute Gasteiger partial charge is 0.339 e. The third-order valence-corrected chi connectivity index (χ3v) is 6.42. The van der Waals surface area contributed by atoms with Gasteiger partial charge in [-0.25, -0.2) is 4.79 Å². The van der Waals surface area contributed by atoms with E-state index in [1.165, 1.54) is 12.0 Å². The number of carbonyl (C=O) groups excluding carboxylic acids is 1. The Bertz CT molecular complexity index is 953. The molecule has 0 bridgehead atoms. The minimum absolute atomic E-state index is 0.0363. The molecule has 3 aromatic rings. The maximum atomic E-state index is 13.1. The highest BCUT2D eigenvalue weighted by molar-refractivity contribution is 6.04. The molecule has 2 heteroatoms. The normalized spacial score (nSPS) is 20.1. The van der Waals surface area contributed by atoms with Crippen LogP contribution in [0.2, 0.25) is 0 Å². The van der Waals surface area contributed by atoms with Crippen LogP contribution in [0, 0.1) is 5.92 Å². The van der Waals surface area contributed by atoms with E-state index in [0.29, 0.717) is 11.5 Å². The van der Waals surface area contributed by atoms with Crippen molar-refractivity contribution in [3.63, 3.8) is 0 Å². The van der Waals surface area contributed by atoms with Crippen LogP contribution in [0.4, 0.5) is 0 Å². The van der Waals surface area contributed by atoms with E-state index in [2.05, 4.69) is 44.2 Å². The van der Waals surface area contributed by atoms with Crippen molar-refractivity contribution in [1.29, 1.82) is 0 Å². The van der Waals surface area contributed by atoms with Crippen molar-refractivity contribution in [3.8, 4) is 0 Å². The molecule has 28 heavy (non-hydrogen) atoms. The second-order valence-corrected chi connectivity index (χ2v) is 8.45. The number of hydrogen-bond donors (Lipinski definition) is 0. The van der Waals surface area contributed by atoms with Crippen molar-refractivity contribution in [2.45, 2.75) is 51.0 Å². The Hall–Kier alpha value is -2.61. The highest BCUT2D eigenvalue weighted by Gasteiger charge is 2.40. The van der Waals surface area contributed by atoms with Crippen LogP contribution >= 0.6 is 0 Å². The highest BCUT2D eigenvalue weighted by Crippen LogP contribution is 2.42. The summed E-state index contributed by atoms with van der Waals surface area (Å²) < 4.78 is 6.17. The van der Waals surface area contributed by atoms with Crippen molar-refractivity contribution in [2.75, 3.05) is 0 Å². The molecular formula is C26H28O2. The molecule has 1 saturated carbocycles. The number of hydrogen-bond acceptors (Lipinski definition) is 2. The van der Waals surface area contributed by atoms with E-state index in [4.69, 9.17) is 4.74 Å². The molecule has 0 N–H and O–H groups in total. The predicted molar refractivity (Wildman–Crippen MR) is 115 cm³/mol. The maximum Gasteiger partial charge on any atom is 0.339 e. The molecule has 0 aromatic heterocycles. The molecule has 0 aliphatic heterocycles. The first-order chi connectivity index (χ1) is 13.6. The molecule has 0 unspecified atom stereocenters. The first-order valence-electron chi connectivity index (χ1n) is 10.3. The molecule has 1 fully saturated rings. The van der Waals surface area contributed by atoms with E-state index < -0.39 is 0 Å². The zero-order chi connectivity index (χ0) is 19.6. The first kappa shape index (κ1) is 18.7. The van der Waals surface area contributed by atoms with Gasteiger partial charge in [-0.2, -0.15) is 0 Å². The SMILES string of the molecule is CC(C)(c1ccccc1)[C@H]1CCCC[C@@H]1OC(=O)c1cccc2ccccc12. The lowest BCUT2D eigenvalue weighted by molar-refractivity contribution is -0.0140. The standard InChI is InChI=1S/C26H28O2/c1-26(2,20-13-4-3-5-14-20)23-17-8-9-18-24(23)28-25(27)22-16-10-12-19-11-6-7-15-21(19)22/h3-7,10-16,23-24H,8-9,17-18H2,1-2H3/t23-,24-/m0/s1. The van der Waals surface area contributed by atoms with Gasteiger partial charge in [-0.05, 0) is 47.1 Å². The molecule has 0 amide bonds. The quantitative estimate of drug-likeness (QED) is 0.486. The van der Waals surface area contributed by atoms with Crippen LogP contribution in [-0.4, -0.2) is 12.1 Å². The molecule has 0 radical (unpaired) electrons. The summed E-state index contributed by atoms with van der Waals surface area (Å²) in [6, 6.07) is 24.5. The van der Waals surface area contributed by atoms with E-state index in [0.717, 1.165) is 30.0 Å². The third kappa shape index (κ3) is 3.56. The molecule has 1 aliphatic carbocycles. The lowest BCUT2D eigenvalue weighted by atomic mass is 9.66. The van der Waals surface area contributed by atoms with Gasteiger partial charge in [0, 0.05) is 5.92 Å². The molecule has 3 aromatic carbocycles. The fourth-order valence-electron chi connectivity index (χ4n) is 4.75. The van der Waals surface area contributed by atoms with Crippen molar-refractivity contribution in [3.05, 3.63) is 83.9 Å². The Morgan fingerprint density at radius 3 is 2.36 bits per heavy atom. The number of benzene rings is 3. The van der Waals surface area contributed by atoms with Gasteiger partial charge in [0.25, 0.3) is 0 Å². The molecule has 2 atom stereocenters. The zero-order valence-electron chi connectivity index (χ0n) is 16.7. The number of esters is 1. The zero-order valence-corrected chi connectivity index (χ0v) is 16.7. The number of carbonyl (C=O) groups is 1. The molecule has 0 heterocycles. The van der Waals surface area contributed by atoms with Gasteiger partial charge in [0.1, 0.15) is 6.10 Å². The van der Waals surface area contributed by atoms with Crippen LogP contribution in [0.3, 0.4) is 0 Å². The molecular weight excluding hydrogens is 344 g/mol. The summed E-state index contributed by atoms with van der Waals surface area (Å²) in [6.07, 6.45) is 4.31. The first-order valence-corrected chi connectivity index (χ1v) is 10.3. The van der Waals surface area contributed by atoms with Gasteiger partial charge in [-0.15, -0.1) is 0 Å². The Labute approximate surface area is 167 Å². The topological polar surface area (TPSA) is 26.3 Å². The molecule has 0 spiro atoms. The monoisotopic (exact) mass is 372 g/mol. The number of rotatable bonds is 4.